The summed E-state index contributed by atoms with van der Waals surface area (Å²) in [4.78, 5) is 0. The van der Waals surface area contributed by atoms with Crippen LogP contribution in [-0.2, 0) is 21.5 Å². The molecular formula is C32H28O2P2. The van der Waals surface area contributed by atoms with Crippen LogP contribution in [0.5, 0.6) is 0 Å². The molecule has 0 bridgehead atoms. The van der Waals surface area contributed by atoms with Crippen molar-refractivity contribution in [3.05, 3.63) is 157 Å². The molecule has 0 amide bonds. The first-order valence-corrected chi connectivity index (χ1v) is 15.9. The Labute approximate surface area is 213 Å². The van der Waals surface area contributed by atoms with Crippen molar-refractivity contribution in [1.82, 2.24) is 0 Å². The number of hydrogen-bond donors (Lipinski definition) is 0. The summed E-state index contributed by atoms with van der Waals surface area (Å²) in [5.74, 6) is 0. The third-order valence-electron chi connectivity index (χ3n) is 6.60. The van der Waals surface area contributed by atoms with E-state index in [9.17, 15) is 9.13 Å². The summed E-state index contributed by atoms with van der Waals surface area (Å²) in [6, 6.07) is 47.0. The Kier molecular flexibility index (Phi) is 7.19. The van der Waals surface area contributed by atoms with Gasteiger partial charge < -0.3 is 9.13 Å². The zero-order valence-corrected chi connectivity index (χ0v) is 21.8. The van der Waals surface area contributed by atoms with Crippen LogP contribution in [0.25, 0.3) is 0 Å². The average Bonchev–Trinajstić information content (AvgIpc) is 2.96. The van der Waals surface area contributed by atoms with E-state index in [2.05, 4.69) is 0 Å². The number of benzene rings is 5. The maximum Gasteiger partial charge on any atom is 0.147 e. The van der Waals surface area contributed by atoms with Gasteiger partial charge in [-0.25, -0.2) is 0 Å². The third kappa shape index (κ3) is 4.93. The highest BCUT2D eigenvalue weighted by molar-refractivity contribution is 7.78. The average molecular weight is 507 g/mol. The lowest BCUT2D eigenvalue weighted by Crippen LogP contribution is -2.20. The molecule has 0 aromatic heterocycles. The lowest BCUT2D eigenvalue weighted by atomic mass is 10.1. The SMILES string of the molecule is O=P(Cc1ccccc1CP(=O)(c1ccccc1)c1ccccc1)(c1ccccc1)c1ccccc1. The number of hydrogen-bond acceptors (Lipinski definition) is 2. The maximum absolute atomic E-state index is 14.8. The molecule has 36 heavy (non-hydrogen) atoms. The van der Waals surface area contributed by atoms with Gasteiger partial charge in [-0.2, -0.15) is 0 Å². The quantitative estimate of drug-likeness (QED) is 0.219. The molecule has 0 atom stereocenters. The molecule has 0 radical (unpaired) electrons. The lowest BCUT2D eigenvalue weighted by Gasteiger charge is -2.24. The first kappa shape index (κ1) is 24.3. The standard InChI is InChI=1S/C32H28O2P2/c33-35(29-17-5-1-6-18-29,30-19-7-2-8-20-30)25-27-15-13-14-16-28(27)26-36(34,31-21-9-3-10-22-31)32-23-11-4-12-24-32/h1-24H,25-26H2. The highest BCUT2D eigenvalue weighted by atomic mass is 31.2. The Hall–Kier alpha value is -3.44. The third-order valence-corrected chi connectivity index (χ3v) is 12.7. The fourth-order valence-corrected chi connectivity index (χ4v) is 10.2. The Balaban J connectivity index is 1.61. The van der Waals surface area contributed by atoms with Crippen LogP contribution in [0.4, 0.5) is 0 Å². The Morgan fingerprint density at radius 3 is 0.806 bits per heavy atom. The summed E-state index contributed by atoms with van der Waals surface area (Å²) in [7, 11) is -5.94. The molecule has 0 spiro atoms. The summed E-state index contributed by atoms with van der Waals surface area (Å²) >= 11 is 0. The van der Waals surface area contributed by atoms with Crippen LogP contribution < -0.4 is 21.2 Å². The van der Waals surface area contributed by atoms with E-state index in [1.165, 1.54) is 0 Å². The minimum Gasteiger partial charge on any atom is -0.313 e. The molecule has 0 fully saturated rings. The fraction of sp³-hybridized carbons (Fsp3) is 0.0625. The molecule has 0 heterocycles. The molecular weight excluding hydrogens is 478 g/mol. The summed E-state index contributed by atoms with van der Waals surface area (Å²) in [6.45, 7) is 0. The maximum atomic E-state index is 14.8. The summed E-state index contributed by atoms with van der Waals surface area (Å²) in [6.07, 6.45) is 0.752. The second kappa shape index (κ2) is 10.7. The van der Waals surface area contributed by atoms with E-state index >= 15 is 0 Å². The molecule has 0 saturated heterocycles. The van der Waals surface area contributed by atoms with E-state index in [4.69, 9.17) is 0 Å². The van der Waals surface area contributed by atoms with Gasteiger partial charge in [0.2, 0.25) is 0 Å². The normalized spacial score (nSPS) is 11.8. The predicted octanol–water partition coefficient (Wildman–Crippen LogP) is 6.71. The first-order chi connectivity index (χ1) is 17.6. The van der Waals surface area contributed by atoms with Crippen LogP contribution >= 0.6 is 14.3 Å². The largest absolute Gasteiger partial charge is 0.313 e. The van der Waals surface area contributed by atoms with Crippen molar-refractivity contribution in [3.8, 4) is 0 Å². The monoisotopic (exact) mass is 506 g/mol. The molecule has 0 aliphatic heterocycles. The lowest BCUT2D eigenvalue weighted by molar-refractivity contribution is 0.584. The highest BCUT2D eigenvalue weighted by Crippen LogP contribution is 2.51. The molecule has 5 aromatic rings. The van der Waals surface area contributed by atoms with Gasteiger partial charge in [0.25, 0.3) is 0 Å². The topological polar surface area (TPSA) is 34.1 Å². The Bertz CT molecular complexity index is 1310. The van der Waals surface area contributed by atoms with Gasteiger partial charge in [-0.1, -0.05) is 146 Å². The van der Waals surface area contributed by atoms with Crippen molar-refractivity contribution < 1.29 is 9.13 Å². The second-order valence-electron chi connectivity index (χ2n) is 8.91. The van der Waals surface area contributed by atoms with Crippen LogP contribution in [0, 0.1) is 0 Å². The zero-order chi connectivity index (χ0) is 24.8. The van der Waals surface area contributed by atoms with Gasteiger partial charge in [0, 0.05) is 33.5 Å². The zero-order valence-electron chi connectivity index (χ0n) is 20.0. The van der Waals surface area contributed by atoms with Gasteiger partial charge in [0.15, 0.2) is 0 Å². The molecule has 178 valence electrons. The van der Waals surface area contributed by atoms with Crippen molar-refractivity contribution in [2.45, 2.75) is 12.3 Å². The molecule has 5 aromatic carbocycles. The molecule has 0 aliphatic rings. The second-order valence-corrected chi connectivity index (χ2v) is 14.6. The minimum atomic E-state index is -2.97. The van der Waals surface area contributed by atoms with Gasteiger partial charge >= 0.3 is 0 Å². The van der Waals surface area contributed by atoms with E-state index in [1.54, 1.807) is 0 Å². The van der Waals surface area contributed by atoms with Crippen LogP contribution in [0.2, 0.25) is 0 Å². The number of rotatable bonds is 8. The van der Waals surface area contributed by atoms with Gasteiger partial charge in [-0.3, -0.25) is 0 Å². The van der Waals surface area contributed by atoms with Crippen molar-refractivity contribution in [1.29, 1.82) is 0 Å². The molecule has 0 N–H and O–H groups in total. The van der Waals surface area contributed by atoms with Crippen LogP contribution in [0.15, 0.2) is 146 Å². The van der Waals surface area contributed by atoms with Gasteiger partial charge in [0.05, 0.1) is 0 Å². The fourth-order valence-electron chi connectivity index (χ4n) is 4.68. The Morgan fingerprint density at radius 1 is 0.333 bits per heavy atom. The van der Waals surface area contributed by atoms with Crippen LogP contribution in [0.1, 0.15) is 11.1 Å². The van der Waals surface area contributed by atoms with Gasteiger partial charge in [0.1, 0.15) is 14.3 Å². The van der Waals surface area contributed by atoms with Crippen LogP contribution in [0.3, 0.4) is 0 Å². The van der Waals surface area contributed by atoms with E-state index in [0.717, 1.165) is 32.3 Å². The summed E-state index contributed by atoms with van der Waals surface area (Å²) < 4.78 is 29.5. The molecule has 5 rings (SSSR count). The van der Waals surface area contributed by atoms with E-state index < -0.39 is 14.3 Å². The minimum absolute atomic E-state index is 0.376. The molecule has 0 aliphatic carbocycles. The van der Waals surface area contributed by atoms with Crippen molar-refractivity contribution in [3.63, 3.8) is 0 Å². The molecule has 2 nitrogen and oxygen atoms in total. The highest BCUT2D eigenvalue weighted by Gasteiger charge is 2.31. The van der Waals surface area contributed by atoms with Crippen LogP contribution in [-0.4, -0.2) is 0 Å². The van der Waals surface area contributed by atoms with Gasteiger partial charge in [-0.15, -0.1) is 0 Å². The summed E-state index contributed by atoms with van der Waals surface area (Å²) in [5.41, 5.74) is 1.95. The van der Waals surface area contributed by atoms with Crippen molar-refractivity contribution in [2.24, 2.45) is 0 Å². The van der Waals surface area contributed by atoms with Crippen molar-refractivity contribution >= 4 is 35.5 Å². The van der Waals surface area contributed by atoms with E-state index in [-0.39, 0.29) is 0 Å². The smallest absolute Gasteiger partial charge is 0.147 e. The Morgan fingerprint density at radius 2 is 0.556 bits per heavy atom. The molecule has 4 heteroatoms. The molecule has 0 saturated carbocycles. The van der Waals surface area contributed by atoms with E-state index in [0.29, 0.717) is 12.3 Å². The van der Waals surface area contributed by atoms with E-state index in [1.807, 2.05) is 146 Å². The molecule has 0 unspecified atom stereocenters. The predicted molar refractivity (Wildman–Crippen MR) is 153 cm³/mol. The van der Waals surface area contributed by atoms with Gasteiger partial charge in [-0.05, 0) is 11.1 Å². The first-order valence-electron chi connectivity index (χ1n) is 12.1. The van der Waals surface area contributed by atoms with Crippen molar-refractivity contribution in [2.75, 3.05) is 0 Å². The summed E-state index contributed by atoms with van der Waals surface area (Å²) in [5, 5.41) is 3.33.